The minimum absolute atomic E-state index is 0.0912. The number of allylic oxidation sites excluding steroid dienone is 1. The van der Waals surface area contributed by atoms with Crippen molar-refractivity contribution < 1.29 is 10.2 Å². The molecule has 9 unspecified atom stereocenters. The monoisotopic (exact) mass is 442 g/mol. The van der Waals surface area contributed by atoms with Gasteiger partial charge >= 0.3 is 0 Å². The van der Waals surface area contributed by atoms with Crippen LogP contribution in [-0.4, -0.2) is 21.9 Å². The minimum Gasteiger partial charge on any atom is -0.393 e. The van der Waals surface area contributed by atoms with Gasteiger partial charge in [-0.05, 0) is 129 Å². The molecule has 182 valence electrons. The van der Waals surface area contributed by atoms with E-state index in [4.69, 9.17) is 0 Å². The molecule has 32 heavy (non-hydrogen) atoms. The average molecular weight is 443 g/mol. The van der Waals surface area contributed by atoms with Crippen molar-refractivity contribution in [2.75, 3.05) is 0 Å². The smallest absolute Gasteiger partial charge is 0.0771 e. The van der Waals surface area contributed by atoms with E-state index in [0.29, 0.717) is 27.6 Å². The van der Waals surface area contributed by atoms with Gasteiger partial charge in [0.2, 0.25) is 0 Å². The fraction of sp³-hybridized carbons (Fsp3) is 0.933. The van der Waals surface area contributed by atoms with Gasteiger partial charge in [-0.15, -0.1) is 0 Å². The van der Waals surface area contributed by atoms with E-state index in [1.54, 1.807) is 0 Å². The average Bonchev–Trinajstić information content (AvgIpc) is 3.27. The van der Waals surface area contributed by atoms with Crippen LogP contribution < -0.4 is 0 Å². The Morgan fingerprint density at radius 2 is 1.53 bits per heavy atom. The van der Waals surface area contributed by atoms with Crippen LogP contribution in [-0.2, 0) is 0 Å². The number of hydrogen-bond donors (Lipinski definition) is 2. The molecule has 5 rings (SSSR count). The lowest BCUT2D eigenvalue weighted by Gasteiger charge is -2.63. The second-order valence-corrected chi connectivity index (χ2v) is 14.8. The highest BCUT2D eigenvalue weighted by atomic mass is 16.3. The van der Waals surface area contributed by atoms with Crippen LogP contribution in [0.1, 0.15) is 113 Å². The highest BCUT2D eigenvalue weighted by Gasteiger charge is 2.82. The van der Waals surface area contributed by atoms with Crippen molar-refractivity contribution in [2.45, 2.75) is 124 Å². The van der Waals surface area contributed by atoms with Crippen molar-refractivity contribution in [3.05, 3.63) is 12.2 Å². The van der Waals surface area contributed by atoms with Gasteiger partial charge in [-0.25, -0.2) is 0 Å². The van der Waals surface area contributed by atoms with Crippen LogP contribution >= 0.6 is 0 Å². The van der Waals surface area contributed by atoms with Crippen molar-refractivity contribution in [3.63, 3.8) is 0 Å². The van der Waals surface area contributed by atoms with Crippen molar-refractivity contribution in [3.8, 4) is 0 Å². The van der Waals surface area contributed by atoms with Crippen molar-refractivity contribution in [2.24, 2.45) is 50.7 Å². The van der Waals surface area contributed by atoms with E-state index in [-0.39, 0.29) is 11.5 Å². The zero-order valence-corrected chi connectivity index (χ0v) is 22.0. The SMILES string of the molecule is CC(CC=CC(C)(C)O)C1CCC2(C)C3CCC4C(C)(C)C(O)CCC45CC35CCC12C. The normalized spacial score (nSPS) is 52.7. The number of aliphatic hydroxyl groups excluding tert-OH is 1. The quantitative estimate of drug-likeness (QED) is 0.454. The molecule has 5 aliphatic rings. The topological polar surface area (TPSA) is 40.5 Å². The van der Waals surface area contributed by atoms with Gasteiger partial charge in [0.05, 0.1) is 11.7 Å². The Kier molecular flexibility index (Phi) is 5.02. The van der Waals surface area contributed by atoms with E-state index in [9.17, 15) is 10.2 Å². The van der Waals surface area contributed by atoms with Gasteiger partial charge in [0.15, 0.2) is 0 Å². The molecule has 2 N–H and O–H groups in total. The van der Waals surface area contributed by atoms with Gasteiger partial charge in [-0.1, -0.05) is 46.8 Å². The molecule has 0 heterocycles. The highest BCUT2D eigenvalue weighted by Crippen LogP contribution is 2.89. The molecule has 5 saturated carbocycles. The third-order valence-corrected chi connectivity index (χ3v) is 12.9. The first-order valence-corrected chi connectivity index (χ1v) is 13.8. The van der Waals surface area contributed by atoms with E-state index in [1.807, 2.05) is 19.9 Å². The Morgan fingerprint density at radius 1 is 0.875 bits per heavy atom. The summed E-state index contributed by atoms with van der Waals surface area (Å²) in [4.78, 5) is 0. The van der Waals surface area contributed by atoms with E-state index < -0.39 is 5.60 Å². The third-order valence-electron chi connectivity index (χ3n) is 12.9. The first kappa shape index (κ1) is 23.4. The number of aliphatic hydroxyl groups is 2. The summed E-state index contributed by atoms with van der Waals surface area (Å²) < 4.78 is 0. The van der Waals surface area contributed by atoms with Crippen molar-refractivity contribution in [1.29, 1.82) is 0 Å². The standard InChI is InChI=1S/C30H50O2/c1-20(9-8-14-25(2,3)32)21-12-15-28(7)23-11-10-22-26(4,5)24(31)13-16-29(22)19-30(23,29)18-17-27(21,28)6/h8,14,20-24,31-32H,9-13,15-19H2,1-7H3. The Balaban J connectivity index is 1.40. The molecule has 0 radical (unpaired) electrons. The third kappa shape index (κ3) is 2.84. The lowest BCUT2D eigenvalue weighted by atomic mass is 9.42. The molecule has 2 spiro atoms. The molecular formula is C30H50O2. The van der Waals surface area contributed by atoms with E-state index in [1.165, 1.54) is 51.4 Å². The maximum absolute atomic E-state index is 10.8. The van der Waals surface area contributed by atoms with Gasteiger partial charge in [0.1, 0.15) is 0 Å². The Bertz CT molecular complexity index is 791. The maximum atomic E-state index is 10.8. The second-order valence-electron chi connectivity index (χ2n) is 14.8. The predicted octanol–water partition coefficient (Wildman–Crippen LogP) is 7.14. The molecule has 0 aliphatic heterocycles. The molecular weight excluding hydrogens is 392 g/mol. The van der Waals surface area contributed by atoms with E-state index in [2.05, 4.69) is 40.7 Å². The molecule has 0 amide bonds. The zero-order chi connectivity index (χ0) is 23.4. The molecule has 2 nitrogen and oxygen atoms in total. The Labute approximate surface area is 197 Å². The summed E-state index contributed by atoms with van der Waals surface area (Å²) in [5.41, 5.74) is 1.44. The molecule has 0 aromatic rings. The molecule has 0 aromatic carbocycles. The molecule has 0 saturated heterocycles. The molecule has 0 aromatic heterocycles. The number of fused-ring (bicyclic) bond motifs is 2. The first-order chi connectivity index (χ1) is 14.7. The first-order valence-electron chi connectivity index (χ1n) is 13.8. The number of rotatable bonds is 4. The van der Waals surface area contributed by atoms with Gasteiger partial charge in [-0.2, -0.15) is 0 Å². The molecule has 2 heteroatoms. The molecule has 0 bridgehead atoms. The largest absolute Gasteiger partial charge is 0.393 e. The van der Waals surface area contributed by atoms with E-state index in [0.717, 1.165) is 30.6 Å². The Morgan fingerprint density at radius 3 is 2.22 bits per heavy atom. The summed E-state index contributed by atoms with van der Waals surface area (Å²) in [5, 5.41) is 20.9. The van der Waals surface area contributed by atoms with Crippen LogP contribution in [0.3, 0.4) is 0 Å². The molecule has 9 atom stereocenters. The van der Waals surface area contributed by atoms with E-state index >= 15 is 0 Å². The number of hydrogen-bond acceptors (Lipinski definition) is 2. The highest BCUT2D eigenvalue weighted by molar-refractivity contribution is 5.30. The van der Waals surface area contributed by atoms with Gasteiger partial charge in [-0.3, -0.25) is 0 Å². The van der Waals surface area contributed by atoms with Crippen LogP contribution in [0.2, 0.25) is 0 Å². The van der Waals surface area contributed by atoms with Crippen LogP contribution in [0.15, 0.2) is 12.2 Å². The van der Waals surface area contributed by atoms with Crippen LogP contribution in [0, 0.1) is 50.7 Å². The lowest BCUT2D eigenvalue weighted by molar-refractivity contribution is -0.161. The summed E-state index contributed by atoms with van der Waals surface area (Å²) in [6.07, 6.45) is 17.4. The molecule has 5 aliphatic carbocycles. The van der Waals surface area contributed by atoms with Gasteiger partial charge in [0, 0.05) is 0 Å². The lowest BCUT2D eigenvalue weighted by Crippen LogP contribution is -2.57. The summed E-state index contributed by atoms with van der Waals surface area (Å²) >= 11 is 0. The maximum Gasteiger partial charge on any atom is 0.0771 e. The van der Waals surface area contributed by atoms with Gasteiger partial charge in [0.25, 0.3) is 0 Å². The summed E-state index contributed by atoms with van der Waals surface area (Å²) in [7, 11) is 0. The van der Waals surface area contributed by atoms with Crippen LogP contribution in [0.25, 0.3) is 0 Å². The van der Waals surface area contributed by atoms with Crippen LogP contribution in [0.4, 0.5) is 0 Å². The Hall–Kier alpha value is -0.340. The fourth-order valence-electron chi connectivity index (χ4n) is 11.0. The zero-order valence-electron chi connectivity index (χ0n) is 22.0. The van der Waals surface area contributed by atoms with Crippen LogP contribution in [0.5, 0.6) is 0 Å². The fourth-order valence-corrected chi connectivity index (χ4v) is 11.0. The summed E-state index contributed by atoms with van der Waals surface area (Å²) in [5.74, 6) is 3.10. The predicted molar refractivity (Wildman–Crippen MR) is 132 cm³/mol. The van der Waals surface area contributed by atoms with Crippen molar-refractivity contribution in [1.82, 2.24) is 0 Å². The van der Waals surface area contributed by atoms with Crippen molar-refractivity contribution >= 4 is 0 Å². The summed E-state index contributed by atoms with van der Waals surface area (Å²) in [6, 6.07) is 0. The minimum atomic E-state index is -0.703. The summed E-state index contributed by atoms with van der Waals surface area (Å²) in [6.45, 7) is 16.3. The second kappa shape index (κ2) is 6.87. The van der Waals surface area contributed by atoms with Gasteiger partial charge < -0.3 is 10.2 Å². The molecule has 5 fully saturated rings.